The summed E-state index contributed by atoms with van der Waals surface area (Å²) in [4.78, 5) is 11.0. The van der Waals surface area contributed by atoms with E-state index in [0.717, 1.165) is 19.1 Å². The molecule has 16 heavy (non-hydrogen) atoms. The van der Waals surface area contributed by atoms with Crippen LogP contribution < -0.4 is 0 Å². The Labute approximate surface area is 97.2 Å². The van der Waals surface area contributed by atoms with Crippen LogP contribution in [0.25, 0.3) is 0 Å². The lowest BCUT2D eigenvalue weighted by molar-refractivity contribution is -0.111. The van der Waals surface area contributed by atoms with Gasteiger partial charge in [0.05, 0.1) is 0 Å². The van der Waals surface area contributed by atoms with Crippen molar-refractivity contribution in [3.05, 3.63) is 48.6 Å². The molecule has 0 saturated heterocycles. The highest BCUT2D eigenvalue weighted by Gasteiger charge is 2.43. The predicted octanol–water partition coefficient (Wildman–Crippen LogP) is 3.36. The molecule has 0 spiro atoms. The zero-order chi connectivity index (χ0) is 11.6. The molecule has 0 heterocycles. The van der Waals surface area contributed by atoms with Gasteiger partial charge in [-0.25, -0.2) is 0 Å². The molecule has 1 heteroatoms. The van der Waals surface area contributed by atoms with Crippen LogP contribution in [0.2, 0.25) is 0 Å². The summed E-state index contributed by atoms with van der Waals surface area (Å²) in [5.41, 5.74) is 1.40. The van der Waals surface area contributed by atoms with Crippen molar-refractivity contribution < 1.29 is 4.79 Å². The van der Waals surface area contributed by atoms with Gasteiger partial charge < -0.3 is 4.79 Å². The van der Waals surface area contributed by atoms with E-state index < -0.39 is 0 Å². The maximum absolute atomic E-state index is 11.0. The second-order valence-electron chi connectivity index (χ2n) is 4.96. The molecule has 1 aromatic carbocycles. The van der Waals surface area contributed by atoms with Gasteiger partial charge in [-0.05, 0) is 29.7 Å². The van der Waals surface area contributed by atoms with Gasteiger partial charge >= 0.3 is 0 Å². The van der Waals surface area contributed by atoms with E-state index in [9.17, 15) is 4.79 Å². The number of carbonyl (C=O) groups is 1. The topological polar surface area (TPSA) is 17.1 Å². The Hall–Kier alpha value is -1.37. The van der Waals surface area contributed by atoms with Crippen LogP contribution in [0.4, 0.5) is 0 Å². The summed E-state index contributed by atoms with van der Waals surface area (Å²) in [6.07, 6.45) is 5.00. The van der Waals surface area contributed by atoms with Crippen LogP contribution in [0, 0.1) is 11.8 Å². The van der Waals surface area contributed by atoms with Gasteiger partial charge in [0.2, 0.25) is 0 Å². The molecule has 2 rings (SSSR count). The highest BCUT2D eigenvalue weighted by molar-refractivity contribution is 5.55. The lowest BCUT2D eigenvalue weighted by Gasteiger charge is -2.30. The molecule has 0 N–H and O–H groups in total. The maximum Gasteiger partial charge on any atom is 0.123 e. The molecule has 0 radical (unpaired) electrons. The van der Waals surface area contributed by atoms with Crippen LogP contribution in [0.1, 0.15) is 25.3 Å². The summed E-state index contributed by atoms with van der Waals surface area (Å²) in [7, 11) is 0. The van der Waals surface area contributed by atoms with Crippen LogP contribution in [0.5, 0.6) is 0 Å². The number of aldehydes is 1. The van der Waals surface area contributed by atoms with Gasteiger partial charge in [0.15, 0.2) is 0 Å². The van der Waals surface area contributed by atoms with E-state index in [1.165, 1.54) is 5.56 Å². The Bertz CT molecular complexity index is 382. The molecule has 84 valence electrons. The van der Waals surface area contributed by atoms with E-state index in [0.29, 0.717) is 5.92 Å². The number of rotatable bonds is 3. The first kappa shape index (κ1) is 11.1. The van der Waals surface area contributed by atoms with Crippen molar-refractivity contribution in [2.75, 3.05) is 0 Å². The Morgan fingerprint density at radius 2 is 2.06 bits per heavy atom. The minimum Gasteiger partial charge on any atom is -0.303 e. The molecule has 0 aliphatic heterocycles. The fourth-order valence-corrected chi connectivity index (χ4v) is 2.98. The first-order valence-electron chi connectivity index (χ1n) is 5.84. The normalized spacial score (nSPS) is 33.6. The summed E-state index contributed by atoms with van der Waals surface area (Å²) >= 11 is 0. The quantitative estimate of drug-likeness (QED) is 0.557. The molecule has 3 atom stereocenters. The molecule has 1 fully saturated rings. The summed E-state index contributed by atoms with van der Waals surface area (Å²) < 4.78 is 0. The molecule has 0 amide bonds. The highest BCUT2D eigenvalue weighted by Crippen LogP contribution is 2.48. The summed E-state index contributed by atoms with van der Waals surface area (Å²) in [6, 6.07) is 10.5. The van der Waals surface area contributed by atoms with E-state index in [1.807, 2.05) is 12.1 Å². The summed E-state index contributed by atoms with van der Waals surface area (Å²) in [6.45, 7) is 6.16. The molecule has 0 aromatic heterocycles. The zero-order valence-electron chi connectivity index (χ0n) is 9.73. The van der Waals surface area contributed by atoms with Crippen molar-refractivity contribution in [2.24, 2.45) is 11.8 Å². The Morgan fingerprint density at radius 3 is 2.62 bits per heavy atom. The van der Waals surface area contributed by atoms with Gasteiger partial charge in [0.1, 0.15) is 6.29 Å². The number of allylic oxidation sites excluding steroid dienone is 1. The second-order valence-corrected chi connectivity index (χ2v) is 4.96. The van der Waals surface area contributed by atoms with E-state index in [4.69, 9.17) is 0 Å². The third kappa shape index (κ3) is 1.71. The monoisotopic (exact) mass is 214 g/mol. The average Bonchev–Trinajstić information content (AvgIpc) is 2.68. The number of hydrogen-bond acceptors (Lipinski definition) is 1. The molecule has 0 bridgehead atoms. The first-order valence-corrected chi connectivity index (χ1v) is 5.84. The van der Waals surface area contributed by atoms with Gasteiger partial charge in [-0.15, -0.1) is 6.58 Å². The van der Waals surface area contributed by atoms with Gasteiger partial charge in [-0.2, -0.15) is 0 Å². The van der Waals surface area contributed by atoms with Crippen LogP contribution in [0.3, 0.4) is 0 Å². The fourth-order valence-electron chi connectivity index (χ4n) is 2.98. The fraction of sp³-hybridized carbons (Fsp3) is 0.400. The lowest BCUT2D eigenvalue weighted by atomic mass is 9.74. The molecule has 1 aromatic rings. The van der Waals surface area contributed by atoms with E-state index >= 15 is 0 Å². The van der Waals surface area contributed by atoms with Crippen molar-refractivity contribution >= 4 is 6.29 Å². The van der Waals surface area contributed by atoms with Gasteiger partial charge in [-0.3, -0.25) is 0 Å². The van der Waals surface area contributed by atoms with Crippen molar-refractivity contribution in [3.8, 4) is 0 Å². The van der Waals surface area contributed by atoms with Crippen molar-refractivity contribution in [1.29, 1.82) is 0 Å². The van der Waals surface area contributed by atoms with Crippen molar-refractivity contribution in [3.63, 3.8) is 0 Å². The number of carbonyl (C=O) groups excluding carboxylic acids is 1. The lowest BCUT2D eigenvalue weighted by Crippen LogP contribution is -2.25. The average molecular weight is 214 g/mol. The first-order chi connectivity index (χ1) is 7.70. The molecule has 1 aliphatic carbocycles. The molecule has 1 saturated carbocycles. The van der Waals surface area contributed by atoms with Gasteiger partial charge in [-0.1, -0.05) is 43.3 Å². The minimum absolute atomic E-state index is 0.0780. The Kier molecular flexibility index (Phi) is 2.95. The SMILES string of the molecule is C=C[C@@H]1C[C@H](C=O)C[C@]1(C)c1ccccc1. The van der Waals surface area contributed by atoms with E-state index in [-0.39, 0.29) is 11.3 Å². The summed E-state index contributed by atoms with van der Waals surface area (Å²) in [5.74, 6) is 0.596. The standard InChI is InChI=1S/C15H18O/c1-3-13-9-12(11-16)10-15(13,2)14-7-5-4-6-8-14/h3-8,11-13H,1,9-10H2,2H3/t12-,13+,15-/m0/s1. The largest absolute Gasteiger partial charge is 0.303 e. The van der Waals surface area contributed by atoms with E-state index in [2.05, 4.69) is 37.8 Å². The number of hydrogen-bond donors (Lipinski definition) is 0. The second kappa shape index (κ2) is 4.25. The van der Waals surface area contributed by atoms with Crippen LogP contribution in [-0.4, -0.2) is 6.29 Å². The third-order valence-corrected chi connectivity index (χ3v) is 3.97. The molecule has 0 unspecified atom stereocenters. The van der Waals surface area contributed by atoms with E-state index in [1.54, 1.807) is 0 Å². The molecule has 1 nitrogen and oxygen atoms in total. The Balaban J connectivity index is 2.36. The van der Waals surface area contributed by atoms with Crippen LogP contribution >= 0.6 is 0 Å². The summed E-state index contributed by atoms with van der Waals surface area (Å²) in [5, 5.41) is 0. The highest BCUT2D eigenvalue weighted by atomic mass is 16.1. The van der Waals surface area contributed by atoms with Gasteiger partial charge in [0.25, 0.3) is 0 Å². The van der Waals surface area contributed by atoms with Crippen molar-refractivity contribution in [1.82, 2.24) is 0 Å². The predicted molar refractivity (Wildman–Crippen MR) is 66.3 cm³/mol. The minimum atomic E-state index is 0.0780. The molecule has 1 aliphatic rings. The third-order valence-electron chi connectivity index (χ3n) is 3.97. The molecular weight excluding hydrogens is 196 g/mol. The maximum atomic E-state index is 11.0. The van der Waals surface area contributed by atoms with Crippen LogP contribution in [0.15, 0.2) is 43.0 Å². The van der Waals surface area contributed by atoms with Gasteiger partial charge in [0, 0.05) is 5.92 Å². The number of benzene rings is 1. The smallest absolute Gasteiger partial charge is 0.123 e. The molecular formula is C15H18O. The van der Waals surface area contributed by atoms with Crippen LogP contribution in [-0.2, 0) is 10.2 Å². The zero-order valence-corrected chi connectivity index (χ0v) is 9.73. The van der Waals surface area contributed by atoms with Crippen molar-refractivity contribution in [2.45, 2.75) is 25.2 Å². The Morgan fingerprint density at radius 1 is 1.38 bits per heavy atom.